The third kappa shape index (κ3) is 3.61. The molecule has 0 spiro atoms. The van der Waals surface area contributed by atoms with Crippen molar-refractivity contribution in [2.75, 3.05) is 5.32 Å². The number of urea groups is 1. The molecule has 0 aliphatic carbocycles. The fourth-order valence-corrected chi connectivity index (χ4v) is 2.54. The van der Waals surface area contributed by atoms with E-state index in [1.807, 2.05) is 12.1 Å². The number of hydrogen-bond acceptors (Lipinski definition) is 2. The van der Waals surface area contributed by atoms with Crippen LogP contribution in [0.5, 0.6) is 0 Å². The van der Waals surface area contributed by atoms with Gasteiger partial charge in [0.1, 0.15) is 5.82 Å². The average Bonchev–Trinajstić information content (AvgIpc) is 2.89. The van der Waals surface area contributed by atoms with Gasteiger partial charge in [-0.15, -0.1) is 0 Å². The van der Waals surface area contributed by atoms with Gasteiger partial charge in [-0.3, -0.25) is 10.00 Å². The Labute approximate surface area is 145 Å². The second-order valence-corrected chi connectivity index (χ2v) is 5.61. The van der Waals surface area contributed by atoms with Crippen LogP contribution in [0.3, 0.4) is 0 Å². The number of amides is 2. The molecule has 0 fully saturated rings. The monoisotopic (exact) mass is 366 g/mol. The Morgan fingerprint density at radius 1 is 1.19 bits per heavy atom. The van der Waals surface area contributed by atoms with Crippen molar-refractivity contribution >= 4 is 22.8 Å². The van der Waals surface area contributed by atoms with Crippen LogP contribution < -0.4 is 10.6 Å². The van der Waals surface area contributed by atoms with Crippen molar-refractivity contribution in [3.05, 3.63) is 59.4 Å². The van der Waals surface area contributed by atoms with Crippen molar-refractivity contribution in [2.24, 2.45) is 7.05 Å². The molecule has 1 heterocycles. The summed E-state index contributed by atoms with van der Waals surface area (Å²) in [5.74, 6) is -1.03. The number of nitrogens with zero attached hydrogens (tertiary/aromatic N) is 2. The molecule has 136 valence electrons. The molecule has 9 heteroatoms. The Morgan fingerprint density at radius 2 is 1.92 bits per heavy atom. The van der Waals surface area contributed by atoms with E-state index in [2.05, 4.69) is 15.7 Å². The van der Waals surface area contributed by atoms with Gasteiger partial charge in [-0.1, -0.05) is 18.2 Å². The molecule has 0 aliphatic rings. The molecular weight excluding hydrogens is 352 g/mol. The maximum Gasteiger partial charge on any atom is 0.419 e. The molecule has 0 saturated heterocycles. The highest BCUT2D eigenvalue weighted by atomic mass is 19.4. The van der Waals surface area contributed by atoms with Crippen molar-refractivity contribution in [3.8, 4) is 0 Å². The number of rotatable bonds is 3. The van der Waals surface area contributed by atoms with E-state index in [9.17, 15) is 22.4 Å². The van der Waals surface area contributed by atoms with Crippen LogP contribution in [-0.2, 0) is 19.8 Å². The first kappa shape index (κ1) is 17.7. The second kappa shape index (κ2) is 6.66. The van der Waals surface area contributed by atoms with Gasteiger partial charge in [0.2, 0.25) is 0 Å². The highest BCUT2D eigenvalue weighted by Crippen LogP contribution is 2.31. The Bertz CT molecular complexity index is 965. The van der Waals surface area contributed by atoms with E-state index >= 15 is 0 Å². The van der Waals surface area contributed by atoms with Crippen LogP contribution in [0.15, 0.2) is 42.5 Å². The Morgan fingerprint density at radius 3 is 2.65 bits per heavy atom. The molecule has 0 atom stereocenters. The number of nitrogens with one attached hydrogen (secondary N) is 2. The maximum atomic E-state index is 13.3. The lowest BCUT2D eigenvalue weighted by Crippen LogP contribution is -2.28. The maximum absolute atomic E-state index is 13.3. The van der Waals surface area contributed by atoms with Crippen LogP contribution in [0.1, 0.15) is 11.1 Å². The molecule has 0 unspecified atom stereocenters. The molecule has 2 amide bonds. The summed E-state index contributed by atoms with van der Waals surface area (Å²) in [6.45, 7) is -0.194. The van der Waals surface area contributed by atoms with Gasteiger partial charge in [0, 0.05) is 19.0 Å². The summed E-state index contributed by atoms with van der Waals surface area (Å²) in [6, 6.07) is 9.20. The van der Waals surface area contributed by atoms with Gasteiger partial charge >= 0.3 is 12.2 Å². The van der Waals surface area contributed by atoms with Crippen LogP contribution in [0.2, 0.25) is 0 Å². The summed E-state index contributed by atoms with van der Waals surface area (Å²) >= 11 is 0. The minimum absolute atomic E-state index is 0.125. The summed E-state index contributed by atoms with van der Waals surface area (Å²) in [5, 5.41) is 9.90. The van der Waals surface area contributed by atoms with Gasteiger partial charge in [0.25, 0.3) is 0 Å². The number of anilines is 1. The summed E-state index contributed by atoms with van der Waals surface area (Å²) in [5.41, 5.74) is -0.427. The van der Waals surface area contributed by atoms with Crippen LogP contribution in [0, 0.1) is 5.82 Å². The SMILES string of the molecule is Cn1nc(NC(=O)NCc2ccc(F)c(C(F)(F)F)c2)c2ccccc21. The van der Waals surface area contributed by atoms with Crippen LogP contribution in [0.25, 0.3) is 10.9 Å². The first-order chi connectivity index (χ1) is 12.3. The van der Waals surface area contributed by atoms with Crippen LogP contribution in [-0.4, -0.2) is 15.8 Å². The number of benzene rings is 2. The topological polar surface area (TPSA) is 59.0 Å². The molecular formula is C17H14F4N4O. The lowest BCUT2D eigenvalue weighted by atomic mass is 10.1. The van der Waals surface area contributed by atoms with Crippen molar-refractivity contribution in [2.45, 2.75) is 12.7 Å². The van der Waals surface area contributed by atoms with E-state index in [1.54, 1.807) is 23.9 Å². The standard InChI is InChI=1S/C17H14F4N4O/c1-25-14-5-3-2-4-11(14)15(24-25)23-16(26)22-9-10-6-7-13(18)12(8-10)17(19,20)21/h2-8H,9H2,1H3,(H2,22,23,24,26). The van der Waals surface area contributed by atoms with Gasteiger partial charge in [-0.2, -0.15) is 18.3 Å². The molecule has 0 aliphatic heterocycles. The molecule has 1 aromatic heterocycles. The minimum atomic E-state index is -4.80. The Balaban J connectivity index is 1.69. The van der Waals surface area contributed by atoms with Crippen LogP contribution in [0.4, 0.5) is 28.2 Å². The predicted molar refractivity (Wildman–Crippen MR) is 88.0 cm³/mol. The third-order valence-electron chi connectivity index (χ3n) is 3.78. The van der Waals surface area contributed by atoms with Crippen molar-refractivity contribution in [1.82, 2.24) is 15.1 Å². The second-order valence-electron chi connectivity index (χ2n) is 5.61. The molecule has 0 saturated carbocycles. The van der Waals surface area contributed by atoms with Gasteiger partial charge < -0.3 is 5.32 Å². The number of aryl methyl sites for hydroxylation is 1. The van der Waals surface area contributed by atoms with E-state index < -0.39 is 23.6 Å². The molecule has 2 N–H and O–H groups in total. The lowest BCUT2D eigenvalue weighted by Gasteiger charge is -2.11. The van der Waals surface area contributed by atoms with Crippen molar-refractivity contribution < 1.29 is 22.4 Å². The van der Waals surface area contributed by atoms with E-state index in [0.29, 0.717) is 11.9 Å². The largest absolute Gasteiger partial charge is 0.419 e. The quantitative estimate of drug-likeness (QED) is 0.687. The summed E-state index contributed by atoms with van der Waals surface area (Å²) in [4.78, 5) is 12.0. The molecule has 2 aromatic carbocycles. The Kier molecular flexibility index (Phi) is 4.54. The molecule has 0 radical (unpaired) electrons. The van der Waals surface area contributed by atoms with Crippen LogP contribution >= 0.6 is 0 Å². The number of carbonyl (C=O) groups is 1. The lowest BCUT2D eigenvalue weighted by molar-refractivity contribution is -0.140. The first-order valence-electron chi connectivity index (χ1n) is 7.58. The van der Waals surface area contributed by atoms with E-state index in [1.165, 1.54) is 6.07 Å². The number of hydrogen-bond donors (Lipinski definition) is 2. The smallest absolute Gasteiger partial charge is 0.334 e. The highest BCUT2D eigenvalue weighted by Gasteiger charge is 2.34. The van der Waals surface area contributed by atoms with E-state index in [4.69, 9.17) is 0 Å². The minimum Gasteiger partial charge on any atom is -0.334 e. The number of aromatic nitrogens is 2. The van der Waals surface area contributed by atoms with Gasteiger partial charge in [0.05, 0.1) is 11.1 Å². The number of alkyl halides is 3. The van der Waals surface area contributed by atoms with E-state index in [0.717, 1.165) is 17.0 Å². The summed E-state index contributed by atoms with van der Waals surface area (Å²) < 4.78 is 53.0. The zero-order valence-corrected chi connectivity index (χ0v) is 13.6. The Hall–Kier alpha value is -3.10. The van der Waals surface area contributed by atoms with Gasteiger partial charge in [-0.25, -0.2) is 9.18 Å². The molecule has 5 nitrogen and oxygen atoms in total. The fraction of sp³-hybridized carbons (Fsp3) is 0.176. The predicted octanol–water partition coefficient (Wildman–Crippen LogP) is 4.05. The molecule has 0 bridgehead atoms. The van der Waals surface area contributed by atoms with Gasteiger partial charge in [0.15, 0.2) is 5.82 Å². The number of halogens is 4. The van der Waals surface area contributed by atoms with E-state index in [-0.39, 0.29) is 12.1 Å². The molecule has 26 heavy (non-hydrogen) atoms. The van der Waals surface area contributed by atoms with Crippen molar-refractivity contribution in [3.63, 3.8) is 0 Å². The number of fused-ring (bicyclic) bond motifs is 1. The molecule has 3 rings (SSSR count). The number of carbonyl (C=O) groups excluding carboxylic acids is 1. The highest BCUT2D eigenvalue weighted by molar-refractivity contribution is 5.99. The number of para-hydroxylation sites is 1. The molecule has 3 aromatic rings. The zero-order chi connectivity index (χ0) is 18.9. The first-order valence-corrected chi connectivity index (χ1v) is 7.58. The van der Waals surface area contributed by atoms with Crippen molar-refractivity contribution in [1.29, 1.82) is 0 Å². The summed E-state index contributed by atoms with van der Waals surface area (Å²) in [6.07, 6.45) is -4.80. The normalized spacial score (nSPS) is 11.6. The average molecular weight is 366 g/mol. The third-order valence-corrected chi connectivity index (χ3v) is 3.78. The zero-order valence-electron chi connectivity index (χ0n) is 13.6. The fourth-order valence-electron chi connectivity index (χ4n) is 2.54. The van der Waals surface area contributed by atoms with Gasteiger partial charge in [-0.05, 0) is 29.8 Å². The summed E-state index contributed by atoms with van der Waals surface area (Å²) in [7, 11) is 1.72.